The Bertz CT molecular complexity index is 153. The van der Waals surface area contributed by atoms with Gasteiger partial charge in [-0.15, -0.1) is 0 Å². The predicted octanol–water partition coefficient (Wildman–Crippen LogP) is 1.79. The SMILES string of the molecule is CCCCC(CC)B(OC=O)OC=O. The van der Waals surface area contributed by atoms with Crippen molar-refractivity contribution in [3.05, 3.63) is 0 Å². The third-order valence-electron chi connectivity index (χ3n) is 2.22. The normalized spacial score (nSPS) is 11.6. The van der Waals surface area contributed by atoms with E-state index in [1.54, 1.807) is 0 Å². The Kier molecular flexibility index (Phi) is 7.99. The van der Waals surface area contributed by atoms with Crippen LogP contribution in [0.25, 0.3) is 0 Å². The van der Waals surface area contributed by atoms with E-state index in [0.29, 0.717) is 12.9 Å². The quantitative estimate of drug-likeness (QED) is 0.420. The lowest BCUT2D eigenvalue weighted by atomic mass is 9.68. The van der Waals surface area contributed by atoms with Crippen LogP contribution in [0.4, 0.5) is 0 Å². The standard InChI is InChI=1S/C9H17BO4/c1-3-5-6-9(4-2)10(13-7-11)14-8-12/h7-9H,3-6H2,1-2H3. The molecule has 0 saturated carbocycles. The summed E-state index contributed by atoms with van der Waals surface area (Å²) in [6, 6.07) is 0. The van der Waals surface area contributed by atoms with Crippen LogP contribution in [-0.2, 0) is 18.9 Å². The van der Waals surface area contributed by atoms with E-state index in [9.17, 15) is 9.59 Å². The first kappa shape index (κ1) is 13.0. The number of hydrogen-bond donors (Lipinski definition) is 0. The van der Waals surface area contributed by atoms with Gasteiger partial charge >= 0.3 is 7.12 Å². The van der Waals surface area contributed by atoms with Gasteiger partial charge in [0.05, 0.1) is 0 Å². The number of hydrogen-bond acceptors (Lipinski definition) is 4. The number of carbonyl (C=O) groups excluding carboxylic acids is 2. The molecule has 0 aromatic rings. The highest BCUT2D eigenvalue weighted by atomic mass is 16.6. The smallest absolute Gasteiger partial charge is 0.501 e. The van der Waals surface area contributed by atoms with E-state index in [-0.39, 0.29) is 5.82 Å². The molecule has 1 atom stereocenters. The highest BCUT2D eigenvalue weighted by Gasteiger charge is 2.31. The molecule has 0 bridgehead atoms. The summed E-state index contributed by atoms with van der Waals surface area (Å²) >= 11 is 0. The van der Waals surface area contributed by atoms with Crippen molar-refractivity contribution in [2.75, 3.05) is 0 Å². The molecule has 0 N–H and O–H groups in total. The van der Waals surface area contributed by atoms with Crippen LogP contribution in [-0.4, -0.2) is 20.1 Å². The summed E-state index contributed by atoms with van der Waals surface area (Å²) in [5.41, 5.74) is 0. The molecule has 0 aromatic heterocycles. The van der Waals surface area contributed by atoms with Crippen LogP contribution in [0.1, 0.15) is 39.5 Å². The van der Waals surface area contributed by atoms with E-state index in [1.807, 2.05) is 6.92 Å². The molecule has 14 heavy (non-hydrogen) atoms. The zero-order chi connectivity index (χ0) is 10.8. The van der Waals surface area contributed by atoms with Crippen LogP contribution >= 0.6 is 0 Å². The Balaban J connectivity index is 4.08. The lowest BCUT2D eigenvalue weighted by Crippen LogP contribution is -2.28. The Morgan fingerprint density at radius 3 is 2.14 bits per heavy atom. The minimum atomic E-state index is -0.721. The van der Waals surface area contributed by atoms with Gasteiger partial charge in [-0.3, -0.25) is 9.59 Å². The molecule has 0 spiro atoms. The van der Waals surface area contributed by atoms with Crippen molar-refractivity contribution in [2.45, 2.75) is 45.3 Å². The van der Waals surface area contributed by atoms with Crippen molar-refractivity contribution in [3.8, 4) is 0 Å². The Morgan fingerprint density at radius 1 is 1.21 bits per heavy atom. The van der Waals surface area contributed by atoms with Gasteiger partial charge in [-0.05, 0) is 6.42 Å². The molecule has 0 heterocycles. The first-order valence-corrected chi connectivity index (χ1v) is 4.98. The molecular weight excluding hydrogens is 183 g/mol. The number of unbranched alkanes of at least 4 members (excludes halogenated alkanes) is 1. The van der Waals surface area contributed by atoms with Crippen molar-refractivity contribution in [1.29, 1.82) is 0 Å². The molecule has 0 aliphatic heterocycles. The highest BCUT2D eigenvalue weighted by Crippen LogP contribution is 2.23. The zero-order valence-electron chi connectivity index (χ0n) is 8.77. The topological polar surface area (TPSA) is 52.6 Å². The largest absolute Gasteiger partial charge is 0.601 e. The molecule has 0 aromatic carbocycles. The Morgan fingerprint density at radius 2 is 1.79 bits per heavy atom. The lowest BCUT2D eigenvalue weighted by molar-refractivity contribution is -0.126. The minimum Gasteiger partial charge on any atom is -0.501 e. The van der Waals surface area contributed by atoms with Crippen molar-refractivity contribution in [1.82, 2.24) is 0 Å². The van der Waals surface area contributed by atoms with Crippen LogP contribution < -0.4 is 0 Å². The summed E-state index contributed by atoms with van der Waals surface area (Å²) in [6.07, 6.45) is 3.84. The van der Waals surface area contributed by atoms with Crippen LogP contribution in [0.3, 0.4) is 0 Å². The Hall–Kier alpha value is -0.995. The summed E-state index contributed by atoms with van der Waals surface area (Å²) in [7, 11) is -0.721. The van der Waals surface area contributed by atoms with Crippen LogP contribution in [0, 0.1) is 0 Å². The minimum absolute atomic E-state index is 0.102. The van der Waals surface area contributed by atoms with Crippen molar-refractivity contribution in [3.63, 3.8) is 0 Å². The second-order valence-corrected chi connectivity index (χ2v) is 3.14. The second-order valence-electron chi connectivity index (χ2n) is 3.14. The fourth-order valence-electron chi connectivity index (χ4n) is 1.36. The first-order valence-electron chi connectivity index (χ1n) is 4.98. The molecule has 0 saturated heterocycles. The summed E-state index contributed by atoms with van der Waals surface area (Å²) in [5.74, 6) is 0.102. The van der Waals surface area contributed by atoms with E-state index in [0.717, 1.165) is 25.7 Å². The van der Waals surface area contributed by atoms with Gasteiger partial charge in [0.1, 0.15) is 0 Å². The van der Waals surface area contributed by atoms with E-state index in [1.165, 1.54) is 0 Å². The van der Waals surface area contributed by atoms with Crippen molar-refractivity contribution < 1.29 is 18.9 Å². The monoisotopic (exact) mass is 200 g/mol. The fraction of sp³-hybridized carbons (Fsp3) is 0.778. The van der Waals surface area contributed by atoms with Gasteiger partial charge < -0.3 is 9.31 Å². The summed E-state index contributed by atoms with van der Waals surface area (Å²) < 4.78 is 9.40. The zero-order valence-corrected chi connectivity index (χ0v) is 8.77. The molecule has 0 amide bonds. The maximum Gasteiger partial charge on any atom is 0.601 e. The van der Waals surface area contributed by atoms with Crippen molar-refractivity contribution >= 4 is 20.1 Å². The van der Waals surface area contributed by atoms with Gasteiger partial charge in [-0.1, -0.05) is 33.1 Å². The van der Waals surface area contributed by atoms with Gasteiger partial charge in [0.15, 0.2) is 0 Å². The third kappa shape index (κ3) is 4.89. The van der Waals surface area contributed by atoms with E-state index in [2.05, 4.69) is 6.92 Å². The Labute approximate surface area is 85.1 Å². The fourth-order valence-corrected chi connectivity index (χ4v) is 1.36. The maximum absolute atomic E-state index is 10.2. The van der Waals surface area contributed by atoms with E-state index >= 15 is 0 Å². The first-order chi connectivity index (χ1) is 6.79. The van der Waals surface area contributed by atoms with E-state index < -0.39 is 7.12 Å². The third-order valence-corrected chi connectivity index (χ3v) is 2.22. The van der Waals surface area contributed by atoms with Crippen molar-refractivity contribution in [2.24, 2.45) is 0 Å². The highest BCUT2D eigenvalue weighted by molar-refractivity contribution is 6.49. The van der Waals surface area contributed by atoms with Crippen LogP contribution in [0.2, 0.25) is 5.82 Å². The molecule has 1 unspecified atom stereocenters. The summed E-state index contributed by atoms with van der Waals surface area (Å²) in [4.78, 5) is 20.3. The molecular formula is C9H17BO4. The molecule has 5 heteroatoms. The predicted molar refractivity (Wildman–Crippen MR) is 53.6 cm³/mol. The van der Waals surface area contributed by atoms with Crippen LogP contribution in [0.5, 0.6) is 0 Å². The van der Waals surface area contributed by atoms with Gasteiger partial charge in [-0.25, -0.2) is 0 Å². The molecule has 0 fully saturated rings. The molecule has 80 valence electrons. The van der Waals surface area contributed by atoms with Gasteiger partial charge in [0, 0.05) is 5.82 Å². The number of carbonyl (C=O) groups is 2. The molecule has 0 radical (unpaired) electrons. The van der Waals surface area contributed by atoms with Gasteiger partial charge in [0.25, 0.3) is 12.9 Å². The maximum atomic E-state index is 10.2. The molecule has 4 nitrogen and oxygen atoms in total. The molecule has 0 aliphatic rings. The van der Waals surface area contributed by atoms with Gasteiger partial charge in [-0.2, -0.15) is 0 Å². The average molecular weight is 200 g/mol. The summed E-state index contributed by atoms with van der Waals surface area (Å²) in [6.45, 7) is 4.71. The van der Waals surface area contributed by atoms with Crippen LogP contribution in [0.15, 0.2) is 0 Å². The lowest BCUT2D eigenvalue weighted by Gasteiger charge is -2.17. The molecule has 0 rings (SSSR count). The number of rotatable bonds is 9. The van der Waals surface area contributed by atoms with Gasteiger partial charge in [0.2, 0.25) is 0 Å². The molecule has 0 aliphatic carbocycles. The average Bonchev–Trinajstić information content (AvgIpc) is 2.19. The van der Waals surface area contributed by atoms with E-state index in [4.69, 9.17) is 9.31 Å². The second kappa shape index (κ2) is 8.60. The summed E-state index contributed by atoms with van der Waals surface area (Å²) in [5, 5.41) is 0.